The molecule has 2 aromatic rings. The van der Waals surface area contributed by atoms with Gasteiger partial charge in [-0.1, -0.05) is 25.1 Å². The number of carbonyl (C=O) groups is 1. The number of sulfonamides is 1. The predicted molar refractivity (Wildman–Crippen MR) is 116 cm³/mol. The van der Waals surface area contributed by atoms with E-state index in [0.29, 0.717) is 11.3 Å². The molecule has 1 heterocycles. The van der Waals surface area contributed by atoms with Crippen LogP contribution in [0.1, 0.15) is 30.6 Å². The molecule has 3 N–H and O–H groups in total. The first-order valence-corrected chi connectivity index (χ1v) is 11.4. The zero-order valence-corrected chi connectivity index (χ0v) is 17.6. The number of piperazine rings is 1. The van der Waals surface area contributed by atoms with Crippen LogP contribution in [-0.4, -0.2) is 46.5 Å². The summed E-state index contributed by atoms with van der Waals surface area (Å²) in [5.41, 5.74) is 1.65. The molecule has 1 aliphatic rings. The minimum atomic E-state index is -3.73. The molecule has 2 aromatic carbocycles. The third kappa shape index (κ3) is 5.27. The predicted octanol–water partition coefficient (Wildman–Crippen LogP) is 2.43. The van der Waals surface area contributed by atoms with Gasteiger partial charge in [-0.2, -0.15) is 0 Å². The van der Waals surface area contributed by atoms with E-state index < -0.39 is 10.0 Å². The summed E-state index contributed by atoms with van der Waals surface area (Å²) in [4.78, 5) is 15.3. The number of benzene rings is 2. The first-order valence-electron chi connectivity index (χ1n) is 9.89. The molecule has 1 aliphatic heterocycles. The number of hydrogen-bond donors (Lipinski definition) is 3. The van der Waals surface area contributed by atoms with E-state index in [9.17, 15) is 13.2 Å². The third-order valence-corrected chi connectivity index (χ3v) is 6.39. The van der Waals surface area contributed by atoms with Crippen molar-refractivity contribution in [2.24, 2.45) is 0 Å². The number of rotatable bonds is 7. The van der Waals surface area contributed by atoms with Crippen LogP contribution in [0.25, 0.3) is 0 Å². The fraction of sp³-hybridized carbons (Fsp3) is 0.381. The summed E-state index contributed by atoms with van der Waals surface area (Å²) in [6.45, 7) is 7.22. The second kappa shape index (κ2) is 9.28. The SMILES string of the molecule is CCC(C)NC(=O)c1cc(NS(=O)(=O)c2ccccc2)ccc1N1CCNCC1. The van der Waals surface area contributed by atoms with Gasteiger partial charge in [-0.15, -0.1) is 0 Å². The van der Waals surface area contributed by atoms with Crippen molar-refractivity contribution in [1.82, 2.24) is 10.6 Å². The van der Waals surface area contributed by atoms with Crippen molar-refractivity contribution in [1.29, 1.82) is 0 Å². The van der Waals surface area contributed by atoms with Crippen molar-refractivity contribution in [2.45, 2.75) is 31.2 Å². The Morgan fingerprint density at radius 2 is 1.83 bits per heavy atom. The normalized spacial score (nSPS) is 15.6. The Hall–Kier alpha value is -2.58. The van der Waals surface area contributed by atoms with E-state index in [0.717, 1.165) is 38.3 Å². The van der Waals surface area contributed by atoms with E-state index in [1.807, 2.05) is 19.9 Å². The Morgan fingerprint density at radius 3 is 2.48 bits per heavy atom. The lowest BCUT2D eigenvalue weighted by atomic mass is 10.1. The topological polar surface area (TPSA) is 90.5 Å². The third-order valence-electron chi connectivity index (χ3n) is 4.99. The first-order chi connectivity index (χ1) is 13.9. The van der Waals surface area contributed by atoms with Gasteiger partial charge in [-0.3, -0.25) is 9.52 Å². The summed E-state index contributed by atoms with van der Waals surface area (Å²) in [7, 11) is -3.73. The molecule has 1 fully saturated rings. The average molecular weight is 417 g/mol. The highest BCUT2D eigenvalue weighted by Gasteiger charge is 2.21. The molecule has 8 heteroatoms. The molecule has 3 rings (SSSR count). The van der Waals surface area contributed by atoms with Crippen LogP contribution in [0.2, 0.25) is 0 Å². The first kappa shape index (κ1) is 21.1. The molecule has 0 aliphatic carbocycles. The van der Waals surface area contributed by atoms with Crippen LogP contribution in [0.15, 0.2) is 53.4 Å². The van der Waals surface area contributed by atoms with E-state index in [1.165, 1.54) is 12.1 Å². The van der Waals surface area contributed by atoms with Crippen LogP contribution in [0.3, 0.4) is 0 Å². The van der Waals surface area contributed by atoms with Crippen molar-refractivity contribution in [3.63, 3.8) is 0 Å². The lowest BCUT2D eigenvalue weighted by Crippen LogP contribution is -2.44. The van der Waals surface area contributed by atoms with Gasteiger partial charge in [0, 0.05) is 43.6 Å². The molecule has 1 unspecified atom stereocenters. The summed E-state index contributed by atoms with van der Waals surface area (Å²) in [5, 5.41) is 6.29. The number of nitrogens with zero attached hydrogens (tertiary/aromatic N) is 1. The lowest BCUT2D eigenvalue weighted by molar-refractivity contribution is 0.0939. The molecular formula is C21H28N4O3S. The van der Waals surface area contributed by atoms with Gasteiger partial charge in [0.05, 0.1) is 10.5 Å². The monoisotopic (exact) mass is 416 g/mol. The number of anilines is 2. The van der Waals surface area contributed by atoms with Crippen molar-refractivity contribution in [2.75, 3.05) is 35.8 Å². The molecule has 1 amide bonds. The average Bonchev–Trinajstić information content (AvgIpc) is 2.74. The summed E-state index contributed by atoms with van der Waals surface area (Å²) < 4.78 is 27.9. The van der Waals surface area contributed by atoms with Crippen LogP contribution in [0.5, 0.6) is 0 Å². The van der Waals surface area contributed by atoms with E-state index in [-0.39, 0.29) is 16.8 Å². The summed E-state index contributed by atoms with van der Waals surface area (Å²) >= 11 is 0. The second-order valence-corrected chi connectivity index (χ2v) is 8.85. The van der Waals surface area contributed by atoms with Crippen LogP contribution in [0.4, 0.5) is 11.4 Å². The zero-order valence-electron chi connectivity index (χ0n) is 16.8. The Kier molecular flexibility index (Phi) is 6.76. The van der Waals surface area contributed by atoms with Gasteiger partial charge in [0.15, 0.2) is 0 Å². The maximum atomic E-state index is 12.9. The van der Waals surface area contributed by atoms with E-state index >= 15 is 0 Å². The largest absolute Gasteiger partial charge is 0.368 e. The highest BCUT2D eigenvalue weighted by Crippen LogP contribution is 2.26. The second-order valence-electron chi connectivity index (χ2n) is 7.17. The molecule has 156 valence electrons. The molecule has 0 aromatic heterocycles. The number of hydrogen-bond acceptors (Lipinski definition) is 5. The standard InChI is InChI=1S/C21H28N4O3S/c1-3-16(2)23-21(26)19-15-17(9-10-20(19)25-13-11-22-12-14-25)24-29(27,28)18-7-5-4-6-8-18/h4-10,15-16,22,24H,3,11-14H2,1-2H3,(H,23,26). The maximum absolute atomic E-state index is 12.9. The van der Waals surface area contributed by atoms with Crippen molar-refractivity contribution in [3.8, 4) is 0 Å². The van der Waals surface area contributed by atoms with Crippen molar-refractivity contribution >= 4 is 27.3 Å². The van der Waals surface area contributed by atoms with Crippen molar-refractivity contribution in [3.05, 3.63) is 54.1 Å². The smallest absolute Gasteiger partial charge is 0.261 e. The van der Waals surface area contributed by atoms with Crippen molar-refractivity contribution < 1.29 is 13.2 Å². The summed E-state index contributed by atoms with van der Waals surface area (Å²) in [5.74, 6) is -0.200. The van der Waals surface area contributed by atoms with Gasteiger partial charge in [0.25, 0.3) is 15.9 Å². The molecule has 7 nitrogen and oxygen atoms in total. The fourth-order valence-corrected chi connectivity index (χ4v) is 4.25. The molecule has 0 saturated carbocycles. The van der Waals surface area contributed by atoms with Gasteiger partial charge in [-0.05, 0) is 43.7 Å². The van der Waals surface area contributed by atoms with Crippen LogP contribution >= 0.6 is 0 Å². The molecule has 0 bridgehead atoms. The Balaban J connectivity index is 1.93. The minimum absolute atomic E-state index is 0.0306. The summed E-state index contributed by atoms with van der Waals surface area (Å²) in [6.07, 6.45) is 0.815. The van der Waals surface area contributed by atoms with Gasteiger partial charge < -0.3 is 15.5 Å². The molecule has 29 heavy (non-hydrogen) atoms. The number of amides is 1. The summed E-state index contributed by atoms with van der Waals surface area (Å²) in [6, 6.07) is 13.4. The molecule has 1 atom stereocenters. The molecule has 0 spiro atoms. The Labute approximate surface area is 172 Å². The van der Waals surface area contributed by atoms with Crippen LogP contribution in [-0.2, 0) is 10.0 Å². The molecule has 1 saturated heterocycles. The number of nitrogens with one attached hydrogen (secondary N) is 3. The number of carbonyl (C=O) groups excluding carboxylic acids is 1. The lowest BCUT2D eigenvalue weighted by Gasteiger charge is -2.31. The Bertz CT molecular complexity index is 942. The van der Waals surface area contributed by atoms with Gasteiger partial charge >= 0.3 is 0 Å². The molecular weight excluding hydrogens is 388 g/mol. The van der Waals surface area contributed by atoms with Crippen LogP contribution < -0.4 is 20.3 Å². The maximum Gasteiger partial charge on any atom is 0.261 e. The van der Waals surface area contributed by atoms with E-state index in [4.69, 9.17) is 0 Å². The highest BCUT2D eigenvalue weighted by atomic mass is 32.2. The Morgan fingerprint density at radius 1 is 1.14 bits per heavy atom. The quantitative estimate of drug-likeness (QED) is 0.645. The molecule has 0 radical (unpaired) electrons. The van der Waals surface area contributed by atoms with Gasteiger partial charge in [0.2, 0.25) is 0 Å². The zero-order chi connectivity index (χ0) is 20.9. The highest BCUT2D eigenvalue weighted by molar-refractivity contribution is 7.92. The van der Waals surface area contributed by atoms with E-state index in [2.05, 4.69) is 20.3 Å². The van der Waals surface area contributed by atoms with Gasteiger partial charge in [0.1, 0.15) is 0 Å². The fourth-order valence-electron chi connectivity index (χ4n) is 3.18. The van der Waals surface area contributed by atoms with E-state index in [1.54, 1.807) is 30.3 Å². The van der Waals surface area contributed by atoms with Gasteiger partial charge in [-0.25, -0.2) is 8.42 Å². The van der Waals surface area contributed by atoms with Crippen LogP contribution in [0, 0.1) is 0 Å². The minimum Gasteiger partial charge on any atom is -0.368 e.